The van der Waals surface area contributed by atoms with Crippen LogP contribution in [-0.2, 0) is 7.05 Å². The molecule has 0 radical (unpaired) electrons. The van der Waals surface area contributed by atoms with Gasteiger partial charge in [0.05, 0.1) is 11.0 Å². The second-order valence-corrected chi connectivity index (χ2v) is 5.71. The van der Waals surface area contributed by atoms with Crippen LogP contribution in [0.2, 0.25) is 0 Å². The highest BCUT2D eigenvalue weighted by atomic mass is 16.2. The number of fused-ring (bicyclic) bond motifs is 2. The van der Waals surface area contributed by atoms with E-state index in [1.165, 1.54) is 0 Å². The second-order valence-electron chi connectivity index (χ2n) is 5.71. The first-order valence-corrected chi connectivity index (χ1v) is 7.39. The van der Waals surface area contributed by atoms with Crippen LogP contribution in [0.5, 0.6) is 0 Å². The van der Waals surface area contributed by atoms with Crippen molar-refractivity contribution in [1.29, 1.82) is 0 Å². The van der Waals surface area contributed by atoms with Gasteiger partial charge in [-0.2, -0.15) is 0 Å². The third-order valence-electron chi connectivity index (χ3n) is 4.21. The molecule has 23 heavy (non-hydrogen) atoms. The molecule has 0 amide bonds. The summed E-state index contributed by atoms with van der Waals surface area (Å²) < 4.78 is 3.65. The quantitative estimate of drug-likeness (QED) is 0.549. The Bertz CT molecular complexity index is 1070. The van der Waals surface area contributed by atoms with E-state index in [9.17, 15) is 4.79 Å². The van der Waals surface area contributed by atoms with Crippen molar-refractivity contribution in [1.82, 2.24) is 14.1 Å². The lowest BCUT2D eigenvalue weighted by Gasteiger charge is -2.07. The Morgan fingerprint density at radius 1 is 1.13 bits per heavy atom. The molecule has 2 aromatic carbocycles. The molecule has 5 nitrogen and oxygen atoms in total. The van der Waals surface area contributed by atoms with Crippen molar-refractivity contribution in [2.45, 2.75) is 6.92 Å². The van der Waals surface area contributed by atoms with E-state index in [4.69, 9.17) is 5.73 Å². The zero-order valence-electron chi connectivity index (χ0n) is 12.9. The van der Waals surface area contributed by atoms with Crippen molar-refractivity contribution in [3.05, 3.63) is 60.0 Å². The van der Waals surface area contributed by atoms with E-state index in [2.05, 4.69) is 4.98 Å². The van der Waals surface area contributed by atoms with Gasteiger partial charge in [-0.1, -0.05) is 6.07 Å². The van der Waals surface area contributed by atoms with Crippen LogP contribution < -0.4 is 5.73 Å². The zero-order valence-corrected chi connectivity index (χ0v) is 12.9. The van der Waals surface area contributed by atoms with Crippen molar-refractivity contribution in [3.63, 3.8) is 0 Å². The fourth-order valence-electron chi connectivity index (χ4n) is 3.08. The van der Waals surface area contributed by atoms with Crippen LogP contribution in [0, 0.1) is 6.92 Å². The molecule has 0 spiro atoms. The number of carbonyl (C=O) groups excluding carboxylic acids is 1. The predicted octanol–water partition coefficient (Wildman–Crippen LogP) is 3.11. The van der Waals surface area contributed by atoms with Gasteiger partial charge < -0.3 is 10.3 Å². The number of aryl methyl sites for hydroxylation is 2. The number of aromatic nitrogens is 3. The molecular formula is C18H16N4O. The SMILES string of the molecule is Cc1nc2cc(N)ccc2n1C(=O)c1cccc2c1ccn2C. The van der Waals surface area contributed by atoms with Crippen LogP contribution >= 0.6 is 0 Å². The summed E-state index contributed by atoms with van der Waals surface area (Å²) in [6, 6.07) is 13.1. The lowest BCUT2D eigenvalue weighted by molar-refractivity contribution is 0.0964. The third kappa shape index (κ3) is 1.93. The van der Waals surface area contributed by atoms with Gasteiger partial charge >= 0.3 is 0 Å². The van der Waals surface area contributed by atoms with E-state index in [1.807, 2.05) is 55.1 Å². The molecule has 0 saturated heterocycles. The molecule has 2 heterocycles. The molecule has 0 bridgehead atoms. The zero-order chi connectivity index (χ0) is 16.1. The fraction of sp³-hybridized carbons (Fsp3) is 0.111. The Morgan fingerprint density at radius 2 is 1.96 bits per heavy atom. The highest BCUT2D eigenvalue weighted by Crippen LogP contribution is 2.24. The molecule has 0 aliphatic rings. The van der Waals surface area contributed by atoms with Crippen molar-refractivity contribution in [3.8, 4) is 0 Å². The molecular weight excluding hydrogens is 288 g/mol. The summed E-state index contributed by atoms with van der Waals surface area (Å²) in [6.07, 6.45) is 1.96. The molecule has 0 fully saturated rings. The predicted molar refractivity (Wildman–Crippen MR) is 91.5 cm³/mol. The fourth-order valence-corrected chi connectivity index (χ4v) is 3.08. The van der Waals surface area contributed by atoms with Crippen molar-refractivity contribution in [2.24, 2.45) is 7.05 Å². The molecule has 114 valence electrons. The molecule has 0 aliphatic carbocycles. The maximum atomic E-state index is 13.1. The van der Waals surface area contributed by atoms with Gasteiger partial charge in [0.2, 0.25) is 0 Å². The Morgan fingerprint density at radius 3 is 2.78 bits per heavy atom. The smallest absolute Gasteiger partial charge is 0.264 e. The summed E-state index contributed by atoms with van der Waals surface area (Å²) >= 11 is 0. The van der Waals surface area contributed by atoms with Gasteiger partial charge in [0.15, 0.2) is 0 Å². The first-order chi connectivity index (χ1) is 11.1. The molecule has 2 N–H and O–H groups in total. The van der Waals surface area contributed by atoms with Crippen LogP contribution in [0.1, 0.15) is 16.2 Å². The molecule has 4 rings (SSSR count). The highest BCUT2D eigenvalue weighted by molar-refractivity contribution is 6.10. The minimum Gasteiger partial charge on any atom is -0.399 e. The summed E-state index contributed by atoms with van der Waals surface area (Å²) in [5.74, 6) is 0.579. The number of imidazole rings is 1. The molecule has 5 heteroatoms. The number of benzene rings is 2. The lowest BCUT2D eigenvalue weighted by atomic mass is 10.1. The van der Waals surface area contributed by atoms with Crippen LogP contribution in [0.4, 0.5) is 5.69 Å². The molecule has 0 saturated carbocycles. The van der Waals surface area contributed by atoms with Crippen molar-refractivity contribution < 1.29 is 4.79 Å². The van der Waals surface area contributed by atoms with Gasteiger partial charge in [-0.05, 0) is 43.3 Å². The minimum atomic E-state index is -0.0772. The number of hydrogen-bond donors (Lipinski definition) is 1. The molecule has 0 unspecified atom stereocenters. The highest BCUT2D eigenvalue weighted by Gasteiger charge is 2.18. The Labute approximate surface area is 133 Å². The first-order valence-electron chi connectivity index (χ1n) is 7.39. The number of nitrogen functional groups attached to an aromatic ring is 1. The monoisotopic (exact) mass is 304 g/mol. The van der Waals surface area contributed by atoms with Crippen LogP contribution in [0.15, 0.2) is 48.7 Å². The average Bonchev–Trinajstić information content (AvgIpc) is 3.06. The maximum Gasteiger partial charge on any atom is 0.264 e. The number of rotatable bonds is 1. The van der Waals surface area contributed by atoms with Gasteiger partial charge in [0, 0.05) is 35.4 Å². The van der Waals surface area contributed by atoms with Gasteiger partial charge in [-0.3, -0.25) is 9.36 Å². The molecule has 4 aromatic rings. The van der Waals surface area contributed by atoms with Gasteiger partial charge in [0.25, 0.3) is 5.91 Å². The molecule has 0 atom stereocenters. The van der Waals surface area contributed by atoms with Crippen molar-refractivity contribution in [2.75, 3.05) is 5.73 Å². The van der Waals surface area contributed by atoms with Gasteiger partial charge in [0.1, 0.15) is 5.82 Å². The van der Waals surface area contributed by atoms with E-state index in [1.54, 1.807) is 16.7 Å². The van der Waals surface area contributed by atoms with E-state index >= 15 is 0 Å². The second kappa shape index (κ2) is 4.71. The average molecular weight is 304 g/mol. The van der Waals surface area contributed by atoms with Gasteiger partial charge in [-0.25, -0.2) is 4.98 Å². The minimum absolute atomic E-state index is 0.0772. The lowest BCUT2D eigenvalue weighted by Crippen LogP contribution is -2.14. The number of nitrogens with two attached hydrogens (primary N) is 1. The van der Waals surface area contributed by atoms with E-state index < -0.39 is 0 Å². The largest absolute Gasteiger partial charge is 0.399 e. The summed E-state index contributed by atoms with van der Waals surface area (Å²) in [5, 5.41) is 0.941. The maximum absolute atomic E-state index is 13.1. The van der Waals surface area contributed by atoms with Crippen LogP contribution in [0.25, 0.3) is 21.9 Å². The normalized spacial score (nSPS) is 11.4. The third-order valence-corrected chi connectivity index (χ3v) is 4.21. The topological polar surface area (TPSA) is 65.8 Å². The Balaban J connectivity index is 1.97. The number of nitrogens with zero attached hydrogens (tertiary/aromatic N) is 3. The van der Waals surface area contributed by atoms with E-state index in [0.717, 1.165) is 21.9 Å². The summed E-state index contributed by atoms with van der Waals surface area (Å²) in [4.78, 5) is 17.6. The number of anilines is 1. The van der Waals surface area contributed by atoms with Gasteiger partial charge in [-0.15, -0.1) is 0 Å². The van der Waals surface area contributed by atoms with Crippen LogP contribution in [0.3, 0.4) is 0 Å². The number of hydrogen-bond acceptors (Lipinski definition) is 3. The number of carbonyl (C=O) groups is 1. The molecule has 0 aliphatic heterocycles. The van der Waals surface area contributed by atoms with E-state index in [-0.39, 0.29) is 5.91 Å². The summed E-state index contributed by atoms with van der Waals surface area (Å²) in [6.45, 7) is 1.83. The van der Waals surface area contributed by atoms with E-state index in [0.29, 0.717) is 17.1 Å². The summed E-state index contributed by atoms with van der Waals surface area (Å²) in [5.41, 5.74) is 9.65. The Kier molecular flexibility index (Phi) is 2.78. The Hall–Kier alpha value is -3.08. The first kappa shape index (κ1) is 13.6. The summed E-state index contributed by atoms with van der Waals surface area (Å²) in [7, 11) is 1.97. The standard InChI is InChI=1S/C18H16N4O/c1-11-20-15-10-12(19)6-7-17(15)22(11)18(23)14-4-3-5-16-13(14)8-9-21(16)2/h3-10H,19H2,1-2H3. The van der Waals surface area contributed by atoms with Crippen LogP contribution in [-0.4, -0.2) is 20.0 Å². The van der Waals surface area contributed by atoms with Crippen molar-refractivity contribution >= 4 is 33.5 Å². The molecule has 2 aromatic heterocycles.